The summed E-state index contributed by atoms with van der Waals surface area (Å²) in [5.74, 6) is 0. The summed E-state index contributed by atoms with van der Waals surface area (Å²) in [6.45, 7) is 10.6. The van der Waals surface area contributed by atoms with Crippen LogP contribution in [0, 0.1) is 0 Å². The summed E-state index contributed by atoms with van der Waals surface area (Å²) in [4.78, 5) is 0. The second-order valence-corrected chi connectivity index (χ2v) is 55.0. The van der Waals surface area contributed by atoms with Crippen LogP contribution < -0.4 is 37.1 Å². The van der Waals surface area contributed by atoms with Crippen LogP contribution in [0.5, 0.6) is 0 Å². The Morgan fingerprint density at radius 1 is 0.182 bits per heavy atom. The Bertz CT molecular complexity index is 9220. The maximum atomic E-state index is 15.9. The Hall–Kier alpha value is -15.9. The molecule has 0 spiro atoms. The largest absolute Gasteiger partial charge is 0.319 e. The molecule has 2 aliphatic heterocycles. The van der Waals surface area contributed by atoms with Gasteiger partial charge in [0.1, 0.15) is 14.3 Å². The quantitative estimate of drug-likeness (QED) is 0.0804. The van der Waals surface area contributed by atoms with Gasteiger partial charge in [0.05, 0.1) is 0 Å². The highest BCUT2D eigenvalue weighted by atomic mass is 31.2. The first-order chi connectivity index (χ1) is 72.1. The van der Waals surface area contributed by atoms with Crippen molar-refractivity contribution in [2.24, 2.45) is 0 Å². The van der Waals surface area contributed by atoms with Gasteiger partial charge in [0.2, 0.25) is 0 Å². The van der Waals surface area contributed by atoms with E-state index >= 15 is 4.57 Å². The van der Waals surface area contributed by atoms with E-state index in [2.05, 4.69) is 390 Å². The van der Waals surface area contributed by atoms with Crippen LogP contribution in [0.4, 0.5) is 0 Å². The van der Waals surface area contributed by atoms with Crippen molar-refractivity contribution in [1.29, 1.82) is 0 Å². The van der Waals surface area contributed by atoms with E-state index in [9.17, 15) is 13.7 Å². The van der Waals surface area contributed by atoms with Crippen molar-refractivity contribution in [2.75, 3.05) is 40.0 Å². The molecule has 2 aliphatic rings. The molecule has 0 bridgehead atoms. The van der Waals surface area contributed by atoms with Crippen molar-refractivity contribution < 1.29 is 18.3 Å². The Balaban J connectivity index is 0.000000106. The SMILES string of the molecule is C=P(C)(C)c1ccc(-c2c3ccccc3c(-c3ccc4ccccc4c3)c3ccccc23)cc1.CP(C)(=O)c1ccc(-c2c3ccccc3cc3ccccc23)cc1.CP(C)(=O)c1cccc(-c2c3ccccc3c(-c3ccc4ccccc4c3)c3ccccc23)c1.O=P1(c2ccccc2)C(c2ccccc2)=C(c2ccccc2)C(c2ccccc2)=C1c1ccccc1.O=P1(c2ccccc2)c2ccccc2-c2ccccc21. The van der Waals surface area contributed by atoms with E-state index in [0.717, 1.165) is 92.5 Å². The Labute approximate surface area is 867 Å². The topological polar surface area (TPSA) is 68.3 Å². The van der Waals surface area contributed by atoms with Crippen LogP contribution >= 0.6 is 35.5 Å². The third-order valence-electron chi connectivity index (χ3n) is 28.7. The number of rotatable bonds is 14. The number of hydrogen-bond donors (Lipinski definition) is 0. The molecule has 0 aromatic heterocycles. The van der Waals surface area contributed by atoms with Gasteiger partial charge in [-0.3, -0.25) is 0 Å². The molecule has 2 heterocycles. The lowest BCUT2D eigenvalue weighted by Gasteiger charge is -2.22. The monoisotopic (exact) mass is 2000 g/mol. The maximum Gasteiger partial charge on any atom is 0.173 e. The van der Waals surface area contributed by atoms with Crippen LogP contribution in [0.3, 0.4) is 0 Å². The fourth-order valence-electron chi connectivity index (χ4n) is 21.7. The van der Waals surface area contributed by atoms with Crippen LogP contribution in [-0.4, -0.2) is 46.3 Å². The van der Waals surface area contributed by atoms with Crippen LogP contribution in [0.2, 0.25) is 0 Å². The standard InChI is InChI=1S/C34H25OP.C33H27P.C32H25OP.C22H19OP.C18H13OP/c35-36(30-24-14-5-15-25-30)33(28-20-10-3-11-21-28)31(26-16-6-1-7-17-26)32(27-18-8-2-9-19-27)34(36)29-22-12-4-13-23-29;1-34(2,3)27-20-18-24(19-21-27)32-28-12-6-8-14-30(28)33(31-15-9-7-13-29(31)32)26-17-16-23-10-4-5-11-25(23)22-26;1-34(2,33)26-13-9-12-24(21-26)31-27-14-5-7-16-29(27)32(30-17-8-6-15-28(30)31)25-19-18-22-10-3-4-11-23(22)20-25;1-24(2,23)19-13-11-16(12-14-19)22-20-9-5-3-7-17(20)15-18-8-4-6-10-21(18)22;19-20(14-8-2-1-3-9-14)17-12-6-4-10-15(17)16-11-5-7-13-18(16)20/h1-25H;4-22H,1H2,2-3H3;3-21H,1-2H3;3-15H,1-2H3;1-13H. The molecule has 26 rings (SSSR count). The van der Waals surface area contributed by atoms with E-state index in [1.165, 1.54) is 142 Å². The lowest BCUT2D eigenvalue weighted by atomic mass is 9.85. The van der Waals surface area contributed by atoms with Crippen molar-refractivity contribution in [3.05, 3.63) is 562 Å². The van der Waals surface area contributed by atoms with Crippen molar-refractivity contribution in [3.63, 3.8) is 0 Å². The van der Waals surface area contributed by atoms with Crippen LogP contribution in [0.25, 0.3) is 175 Å². The molecule has 0 atom stereocenters. The second-order valence-electron chi connectivity index (χ2n) is 39.4. The van der Waals surface area contributed by atoms with Gasteiger partial charge in [0.15, 0.2) is 14.3 Å². The molecular weight excluding hydrogens is 1890 g/mol. The molecule has 0 radical (unpaired) electrons. The van der Waals surface area contributed by atoms with E-state index < -0.39 is 35.5 Å². The van der Waals surface area contributed by atoms with Crippen molar-refractivity contribution in [3.8, 4) is 66.8 Å². The van der Waals surface area contributed by atoms with E-state index in [-0.39, 0.29) is 0 Å². The molecular formula is C139H109O4P5. The van der Waals surface area contributed by atoms with Crippen molar-refractivity contribution in [2.45, 2.75) is 0 Å². The minimum Gasteiger partial charge on any atom is -0.319 e. The first kappa shape index (κ1) is 96.8. The van der Waals surface area contributed by atoms with Gasteiger partial charge in [-0.25, -0.2) is 0 Å². The fourth-order valence-corrected chi connectivity index (χ4v) is 31.0. The first-order valence-electron chi connectivity index (χ1n) is 50.2. The lowest BCUT2D eigenvalue weighted by Crippen LogP contribution is -2.20. The highest BCUT2D eigenvalue weighted by Crippen LogP contribution is 2.77. The molecule has 0 aliphatic carbocycles. The van der Waals surface area contributed by atoms with E-state index in [0.29, 0.717) is 0 Å². The molecule has 0 saturated heterocycles. The summed E-state index contributed by atoms with van der Waals surface area (Å²) in [6.07, 6.45) is 4.42. The van der Waals surface area contributed by atoms with Crippen LogP contribution in [0.1, 0.15) is 22.3 Å². The van der Waals surface area contributed by atoms with Gasteiger partial charge in [0, 0.05) is 53.6 Å². The summed E-state index contributed by atoms with van der Waals surface area (Å²) >= 11 is 0. The molecule has 0 saturated carbocycles. The minimum atomic E-state index is -3.27. The van der Waals surface area contributed by atoms with Crippen molar-refractivity contribution in [1.82, 2.24) is 0 Å². The zero-order valence-electron chi connectivity index (χ0n) is 83.5. The van der Waals surface area contributed by atoms with Gasteiger partial charge in [0.25, 0.3) is 0 Å². The molecule has 24 aromatic carbocycles. The Morgan fingerprint density at radius 2 is 0.439 bits per heavy atom. The van der Waals surface area contributed by atoms with Gasteiger partial charge >= 0.3 is 0 Å². The molecule has 24 aromatic rings. The highest BCUT2D eigenvalue weighted by Gasteiger charge is 2.47. The molecule has 0 N–H and O–H groups in total. The average molecular weight is 2000 g/mol. The lowest BCUT2D eigenvalue weighted by molar-refractivity contribution is 0.587. The predicted molar refractivity (Wildman–Crippen MR) is 648 cm³/mol. The smallest absolute Gasteiger partial charge is 0.173 e. The van der Waals surface area contributed by atoms with Gasteiger partial charge in [-0.2, -0.15) is 0 Å². The van der Waals surface area contributed by atoms with E-state index in [4.69, 9.17) is 0 Å². The highest BCUT2D eigenvalue weighted by molar-refractivity contribution is 7.91. The van der Waals surface area contributed by atoms with E-state index in [1.54, 1.807) is 0 Å². The first-order valence-corrected chi connectivity index (χ1v) is 61.7. The summed E-state index contributed by atoms with van der Waals surface area (Å²) in [5.41, 5.74) is 20.7. The third-order valence-corrected chi connectivity index (χ3v) is 39.9. The van der Waals surface area contributed by atoms with Crippen LogP contribution in [-0.2, 0) is 18.3 Å². The maximum absolute atomic E-state index is 15.9. The molecule has 9 heteroatoms. The van der Waals surface area contributed by atoms with Crippen molar-refractivity contribution >= 4 is 187 Å². The molecule has 714 valence electrons. The summed E-state index contributed by atoms with van der Waals surface area (Å²) < 4.78 is 55.0. The fraction of sp³-hybridized carbons (Fsp3) is 0.0432. The zero-order valence-corrected chi connectivity index (χ0v) is 87.9. The van der Waals surface area contributed by atoms with Crippen LogP contribution in [0.15, 0.2) is 540 Å². The molecule has 0 amide bonds. The molecule has 148 heavy (non-hydrogen) atoms. The molecule has 0 unspecified atom stereocenters. The number of allylic oxidation sites excluding steroid dienone is 2. The number of hydrogen-bond acceptors (Lipinski definition) is 4. The summed E-state index contributed by atoms with van der Waals surface area (Å²) in [7, 11) is -10.6. The number of fused-ring (bicyclic) bond motifs is 11. The minimum absolute atomic E-state index is 0.849. The van der Waals surface area contributed by atoms with Gasteiger partial charge in [-0.1, -0.05) is 529 Å². The van der Waals surface area contributed by atoms with Gasteiger partial charge in [-0.05, 0) is 245 Å². The van der Waals surface area contributed by atoms with Gasteiger partial charge in [-0.15, -0.1) is 0 Å². The summed E-state index contributed by atoms with van der Waals surface area (Å²) in [6, 6.07) is 188. The third kappa shape index (κ3) is 18.7. The Morgan fingerprint density at radius 3 is 0.791 bits per heavy atom. The van der Waals surface area contributed by atoms with E-state index in [1.807, 2.05) is 197 Å². The number of benzene rings is 24. The average Bonchev–Trinajstić information content (AvgIpc) is 1.55. The molecule has 4 nitrogen and oxygen atoms in total. The molecule has 0 fully saturated rings. The summed E-state index contributed by atoms with van der Waals surface area (Å²) in [5, 5.41) is 28.8. The normalized spacial score (nSPS) is 13.0. The predicted octanol–water partition coefficient (Wildman–Crippen LogP) is 35.6. The van der Waals surface area contributed by atoms with Gasteiger partial charge < -0.3 is 18.3 Å². The second kappa shape index (κ2) is 41.2. The zero-order chi connectivity index (χ0) is 101. The Kier molecular flexibility index (Phi) is 26.9.